The zero-order valence-electron chi connectivity index (χ0n) is 22.0. The number of hydrogen-bond donors (Lipinski definition) is 0. The minimum Gasteiger partial charge on any atom is -0.439 e. The molecular weight excluding hydrogens is 574 g/mol. The second-order valence-corrected chi connectivity index (χ2v) is 10.7. The van der Waals surface area contributed by atoms with E-state index in [1.807, 2.05) is 0 Å². The van der Waals surface area contributed by atoms with Gasteiger partial charge in [0.2, 0.25) is 0 Å². The summed E-state index contributed by atoms with van der Waals surface area (Å²) in [5.41, 5.74) is -4.33. The highest BCUT2D eigenvalue weighted by molar-refractivity contribution is 5.71. The number of amides is 1. The number of ether oxygens (including phenoxy) is 1. The number of hydrogen-bond acceptors (Lipinski definition) is 3. The third-order valence-electron chi connectivity index (χ3n) is 7.35. The summed E-state index contributed by atoms with van der Waals surface area (Å²) in [6, 6.07) is 2.16. The Bertz CT molecular complexity index is 1250. The summed E-state index contributed by atoms with van der Waals surface area (Å²) < 4.78 is 140. The van der Waals surface area contributed by atoms with Crippen molar-refractivity contribution in [2.45, 2.75) is 70.2 Å². The van der Waals surface area contributed by atoms with Crippen LogP contribution in [-0.2, 0) is 29.8 Å². The molecule has 2 saturated heterocycles. The van der Waals surface area contributed by atoms with E-state index in [1.165, 1.54) is 13.0 Å². The van der Waals surface area contributed by atoms with Crippen LogP contribution in [0.25, 0.3) is 0 Å². The van der Waals surface area contributed by atoms with Crippen molar-refractivity contribution in [3.63, 3.8) is 0 Å². The maximum atomic E-state index is 13.7. The number of alkyl halides is 10. The molecule has 3 atom stereocenters. The molecule has 2 fully saturated rings. The molecular formula is C27H26F10N2O2. The van der Waals surface area contributed by atoms with Crippen molar-refractivity contribution in [2.24, 2.45) is 5.92 Å². The summed E-state index contributed by atoms with van der Waals surface area (Å²) in [5.74, 6) is -0.181. The van der Waals surface area contributed by atoms with Gasteiger partial charge in [-0.25, -0.2) is 9.18 Å². The van der Waals surface area contributed by atoms with Crippen molar-refractivity contribution in [3.8, 4) is 0 Å². The number of rotatable bonds is 6. The van der Waals surface area contributed by atoms with Crippen molar-refractivity contribution >= 4 is 6.09 Å². The first kappa shape index (κ1) is 30.9. The fourth-order valence-electron chi connectivity index (χ4n) is 5.35. The lowest BCUT2D eigenvalue weighted by molar-refractivity contribution is -0.143. The highest BCUT2D eigenvalue weighted by Crippen LogP contribution is 2.43. The summed E-state index contributed by atoms with van der Waals surface area (Å²) in [5, 5.41) is 0. The number of cyclic esters (lactones) is 1. The lowest BCUT2D eigenvalue weighted by Crippen LogP contribution is -2.51. The van der Waals surface area contributed by atoms with E-state index in [9.17, 15) is 48.7 Å². The SMILES string of the molecule is CC(C)C(c1ccc(C(F)(F)F)cc1CN1C(=O)O[C@H](c2cc(C(F)(F)F)cc(C(F)(F)F)c2)[C@@H]1C)N1CC(F)C1. The molecule has 0 bridgehead atoms. The number of likely N-dealkylation sites (tertiary alicyclic amines) is 1. The Balaban J connectivity index is 1.72. The van der Waals surface area contributed by atoms with E-state index in [4.69, 9.17) is 4.74 Å². The summed E-state index contributed by atoms with van der Waals surface area (Å²) in [6.45, 7) is 4.56. The van der Waals surface area contributed by atoms with Gasteiger partial charge < -0.3 is 4.74 Å². The first-order valence-electron chi connectivity index (χ1n) is 12.6. The monoisotopic (exact) mass is 600 g/mol. The van der Waals surface area contributed by atoms with E-state index in [-0.39, 0.29) is 30.6 Å². The van der Waals surface area contributed by atoms with Crippen LogP contribution in [0.4, 0.5) is 48.7 Å². The molecule has 4 nitrogen and oxygen atoms in total. The van der Waals surface area contributed by atoms with Crippen LogP contribution < -0.4 is 0 Å². The smallest absolute Gasteiger partial charge is 0.416 e. The van der Waals surface area contributed by atoms with Gasteiger partial charge in [-0.05, 0) is 59.9 Å². The first-order valence-corrected chi connectivity index (χ1v) is 12.6. The van der Waals surface area contributed by atoms with Crippen LogP contribution in [0.3, 0.4) is 0 Å². The molecule has 2 heterocycles. The zero-order valence-corrected chi connectivity index (χ0v) is 22.0. The van der Waals surface area contributed by atoms with Gasteiger partial charge in [-0.15, -0.1) is 0 Å². The predicted molar refractivity (Wildman–Crippen MR) is 126 cm³/mol. The average molecular weight is 600 g/mol. The minimum atomic E-state index is -5.13. The molecule has 1 amide bonds. The van der Waals surface area contributed by atoms with Crippen LogP contribution in [0.2, 0.25) is 0 Å². The topological polar surface area (TPSA) is 32.8 Å². The van der Waals surface area contributed by atoms with E-state index in [2.05, 4.69) is 0 Å². The van der Waals surface area contributed by atoms with Gasteiger partial charge in [0.05, 0.1) is 22.7 Å². The molecule has 2 aromatic carbocycles. The predicted octanol–water partition coefficient (Wildman–Crippen LogP) is 8.18. The number of halogens is 10. The van der Waals surface area contributed by atoms with E-state index in [0.29, 0.717) is 17.7 Å². The molecule has 0 aromatic heterocycles. The molecule has 1 unspecified atom stereocenters. The maximum absolute atomic E-state index is 13.7. The number of nitrogens with zero attached hydrogens (tertiary/aromatic N) is 2. The Morgan fingerprint density at radius 2 is 1.39 bits per heavy atom. The van der Waals surface area contributed by atoms with Gasteiger partial charge in [-0.1, -0.05) is 19.9 Å². The van der Waals surface area contributed by atoms with Crippen LogP contribution in [-0.4, -0.2) is 41.2 Å². The second kappa shape index (κ2) is 10.7. The van der Waals surface area contributed by atoms with Crippen molar-refractivity contribution in [3.05, 3.63) is 69.8 Å². The summed E-state index contributed by atoms with van der Waals surface area (Å²) in [6.07, 6.45) is -18.8. The summed E-state index contributed by atoms with van der Waals surface area (Å²) in [7, 11) is 0. The lowest BCUT2D eigenvalue weighted by atomic mass is 9.87. The highest BCUT2D eigenvalue weighted by atomic mass is 19.4. The Morgan fingerprint density at radius 1 is 0.854 bits per heavy atom. The maximum Gasteiger partial charge on any atom is 0.416 e. The van der Waals surface area contributed by atoms with E-state index >= 15 is 0 Å². The molecule has 2 aliphatic rings. The van der Waals surface area contributed by atoms with Crippen molar-refractivity contribution in [1.29, 1.82) is 0 Å². The van der Waals surface area contributed by atoms with E-state index in [0.717, 1.165) is 17.0 Å². The van der Waals surface area contributed by atoms with E-state index < -0.39 is 77.8 Å². The first-order chi connectivity index (χ1) is 18.8. The molecule has 14 heteroatoms. The molecule has 0 N–H and O–H groups in total. The number of benzene rings is 2. The fourth-order valence-corrected chi connectivity index (χ4v) is 5.35. The average Bonchev–Trinajstić information content (AvgIpc) is 3.10. The van der Waals surface area contributed by atoms with Crippen LogP contribution >= 0.6 is 0 Å². The third-order valence-corrected chi connectivity index (χ3v) is 7.35. The Kier molecular flexibility index (Phi) is 8.04. The lowest BCUT2D eigenvalue weighted by Gasteiger charge is -2.43. The molecule has 226 valence electrons. The number of carbonyl (C=O) groups is 1. The Morgan fingerprint density at radius 3 is 1.85 bits per heavy atom. The van der Waals surface area contributed by atoms with Crippen LogP contribution in [0.5, 0.6) is 0 Å². The van der Waals surface area contributed by atoms with Crippen molar-refractivity contribution in [2.75, 3.05) is 13.1 Å². The van der Waals surface area contributed by atoms with Gasteiger partial charge >= 0.3 is 24.6 Å². The van der Waals surface area contributed by atoms with Crippen LogP contribution in [0, 0.1) is 5.92 Å². The Labute approximate surface area is 228 Å². The molecule has 0 radical (unpaired) electrons. The minimum absolute atomic E-state index is 0.0466. The summed E-state index contributed by atoms with van der Waals surface area (Å²) in [4.78, 5) is 15.6. The van der Waals surface area contributed by atoms with Gasteiger partial charge in [-0.3, -0.25) is 9.80 Å². The molecule has 2 aliphatic heterocycles. The molecule has 2 aromatic rings. The second-order valence-electron chi connectivity index (χ2n) is 10.7. The van der Waals surface area contributed by atoms with Crippen LogP contribution in [0.15, 0.2) is 36.4 Å². The third kappa shape index (κ3) is 6.41. The van der Waals surface area contributed by atoms with Crippen molar-refractivity contribution in [1.82, 2.24) is 9.80 Å². The van der Waals surface area contributed by atoms with Gasteiger partial charge in [0.15, 0.2) is 0 Å². The Hall–Kier alpha value is -3.03. The summed E-state index contributed by atoms with van der Waals surface area (Å²) >= 11 is 0. The van der Waals surface area contributed by atoms with Crippen molar-refractivity contribution < 1.29 is 53.4 Å². The van der Waals surface area contributed by atoms with Gasteiger partial charge in [0, 0.05) is 25.7 Å². The van der Waals surface area contributed by atoms with Gasteiger partial charge in [0.25, 0.3) is 0 Å². The molecule has 0 aliphatic carbocycles. The van der Waals surface area contributed by atoms with Gasteiger partial charge in [-0.2, -0.15) is 39.5 Å². The molecule has 4 rings (SSSR count). The molecule has 0 spiro atoms. The quantitative estimate of drug-likeness (QED) is 0.314. The molecule has 0 saturated carbocycles. The standard InChI is InChI=1S/C27H26F10N2O2/c1-13(2)22(38-11-20(28)12-38)21-5-4-17(25(29,30)31)8-16(21)10-39-14(3)23(41-24(39)40)15-6-18(26(32,33)34)9-19(7-15)27(35,36)37/h4-9,13-14,20,22-23H,10-12H2,1-3H3/t14-,22?,23-/m0/s1. The van der Waals surface area contributed by atoms with Gasteiger partial charge in [0.1, 0.15) is 12.3 Å². The normalized spacial score (nSPS) is 21.8. The number of carbonyl (C=O) groups excluding carboxylic acids is 1. The van der Waals surface area contributed by atoms with E-state index in [1.54, 1.807) is 18.7 Å². The zero-order chi connectivity index (χ0) is 30.7. The fraction of sp³-hybridized carbons (Fsp3) is 0.519. The molecule has 41 heavy (non-hydrogen) atoms. The highest BCUT2D eigenvalue weighted by Gasteiger charge is 2.44. The largest absolute Gasteiger partial charge is 0.439 e. The van der Waals surface area contributed by atoms with Crippen LogP contribution in [0.1, 0.15) is 66.3 Å².